The van der Waals surface area contributed by atoms with Gasteiger partial charge in [0, 0.05) is 5.10 Å². The minimum atomic E-state index is 1.09. The number of unbranched alkanes of at least 4 members (excludes halogenated alkanes) is 1. The maximum Gasteiger partial charge on any atom is 0.265 e. The van der Waals surface area contributed by atoms with E-state index in [0.717, 1.165) is 6.54 Å². The molecule has 0 aliphatic carbocycles. The number of aryl methyl sites for hydroxylation is 2. The monoisotopic (exact) mass is 140 g/mol. The van der Waals surface area contributed by atoms with Crippen LogP contribution in [0.15, 0.2) is 12.7 Å². The first-order valence-corrected chi connectivity index (χ1v) is 3.70. The number of hydrogen-bond donors (Lipinski definition) is 0. The highest BCUT2D eigenvalue weighted by Gasteiger charge is 1.98. The molecule has 0 saturated carbocycles. The molecule has 1 aromatic rings. The van der Waals surface area contributed by atoms with Crippen LogP contribution in [0, 0.1) is 0 Å². The molecule has 1 rings (SSSR count). The van der Waals surface area contributed by atoms with Gasteiger partial charge in [0.1, 0.15) is 0 Å². The third-order valence-electron chi connectivity index (χ3n) is 1.47. The molecule has 0 aromatic carbocycles. The van der Waals surface area contributed by atoms with Crippen molar-refractivity contribution in [3.63, 3.8) is 0 Å². The third-order valence-corrected chi connectivity index (χ3v) is 1.47. The van der Waals surface area contributed by atoms with Gasteiger partial charge in [-0.2, -0.15) is 0 Å². The summed E-state index contributed by atoms with van der Waals surface area (Å²) in [5, 5.41) is 4.05. The standard InChI is InChI=1S/C7H14N3/c1-3-4-5-10-6-8-9(2)7-10/h6-7H,3-5H2,1-2H3/q+1. The molecule has 0 saturated heterocycles. The molecular weight excluding hydrogens is 126 g/mol. The predicted octanol–water partition coefficient (Wildman–Crippen LogP) is 0.508. The van der Waals surface area contributed by atoms with Crippen LogP contribution in [-0.4, -0.2) is 9.78 Å². The lowest BCUT2D eigenvalue weighted by molar-refractivity contribution is -0.698. The van der Waals surface area contributed by atoms with Gasteiger partial charge >= 0.3 is 0 Å². The van der Waals surface area contributed by atoms with Gasteiger partial charge in [0.15, 0.2) is 0 Å². The summed E-state index contributed by atoms with van der Waals surface area (Å²) in [5.74, 6) is 0. The van der Waals surface area contributed by atoms with Crippen molar-refractivity contribution in [1.29, 1.82) is 0 Å². The van der Waals surface area contributed by atoms with Crippen molar-refractivity contribution in [1.82, 2.24) is 9.78 Å². The Morgan fingerprint density at radius 3 is 2.90 bits per heavy atom. The second-order valence-electron chi connectivity index (χ2n) is 2.51. The third kappa shape index (κ3) is 1.83. The maximum atomic E-state index is 4.05. The predicted molar refractivity (Wildman–Crippen MR) is 38.3 cm³/mol. The second kappa shape index (κ2) is 3.34. The average molecular weight is 140 g/mol. The van der Waals surface area contributed by atoms with E-state index in [2.05, 4.69) is 16.6 Å². The van der Waals surface area contributed by atoms with E-state index in [1.54, 1.807) is 0 Å². The molecule has 3 nitrogen and oxygen atoms in total. The highest BCUT2D eigenvalue weighted by atomic mass is 15.3. The van der Waals surface area contributed by atoms with E-state index < -0.39 is 0 Å². The fourth-order valence-corrected chi connectivity index (χ4v) is 0.878. The lowest BCUT2D eigenvalue weighted by Crippen LogP contribution is -2.30. The number of aromatic nitrogens is 3. The Bertz CT molecular complexity index is 192. The van der Waals surface area contributed by atoms with Crippen LogP contribution in [0.2, 0.25) is 0 Å². The summed E-state index contributed by atoms with van der Waals surface area (Å²) >= 11 is 0. The molecule has 10 heavy (non-hydrogen) atoms. The van der Waals surface area contributed by atoms with E-state index in [1.165, 1.54) is 12.8 Å². The lowest BCUT2D eigenvalue weighted by Gasteiger charge is -1.90. The van der Waals surface area contributed by atoms with Gasteiger partial charge in [0.25, 0.3) is 6.33 Å². The Labute approximate surface area is 61.3 Å². The van der Waals surface area contributed by atoms with E-state index >= 15 is 0 Å². The molecule has 56 valence electrons. The zero-order valence-corrected chi connectivity index (χ0v) is 6.62. The molecule has 0 aliphatic heterocycles. The molecule has 0 atom stereocenters. The van der Waals surface area contributed by atoms with Gasteiger partial charge in [0.2, 0.25) is 6.33 Å². The largest absolute Gasteiger partial charge is 0.265 e. The summed E-state index contributed by atoms with van der Waals surface area (Å²) in [6.07, 6.45) is 6.32. The van der Waals surface area contributed by atoms with Crippen LogP contribution in [0.1, 0.15) is 19.8 Å². The first kappa shape index (κ1) is 7.25. The fraction of sp³-hybridized carbons (Fsp3) is 0.714. The van der Waals surface area contributed by atoms with Gasteiger partial charge < -0.3 is 0 Å². The van der Waals surface area contributed by atoms with Crippen LogP contribution in [0.5, 0.6) is 0 Å². The first-order valence-electron chi connectivity index (χ1n) is 3.70. The SMILES string of the molecule is CCCC[n+]1cnn(C)c1. The zero-order chi connectivity index (χ0) is 7.40. The molecule has 0 aliphatic rings. The molecule has 0 bridgehead atoms. The molecule has 1 heterocycles. The smallest absolute Gasteiger partial charge is 0.237 e. The minimum absolute atomic E-state index is 1.09. The Morgan fingerprint density at radius 1 is 1.60 bits per heavy atom. The van der Waals surface area contributed by atoms with Crippen molar-refractivity contribution in [2.75, 3.05) is 0 Å². The van der Waals surface area contributed by atoms with Crippen LogP contribution in [0.4, 0.5) is 0 Å². The lowest BCUT2D eigenvalue weighted by atomic mass is 10.3. The van der Waals surface area contributed by atoms with Crippen molar-refractivity contribution in [3.8, 4) is 0 Å². The first-order chi connectivity index (χ1) is 4.83. The van der Waals surface area contributed by atoms with E-state index in [0.29, 0.717) is 0 Å². The highest BCUT2D eigenvalue weighted by molar-refractivity contribution is 4.38. The fourth-order valence-electron chi connectivity index (χ4n) is 0.878. The molecule has 0 unspecified atom stereocenters. The second-order valence-corrected chi connectivity index (χ2v) is 2.51. The van der Waals surface area contributed by atoms with Crippen molar-refractivity contribution < 1.29 is 4.57 Å². The molecule has 0 spiro atoms. The Kier molecular flexibility index (Phi) is 2.42. The van der Waals surface area contributed by atoms with Crippen LogP contribution in [-0.2, 0) is 13.6 Å². The van der Waals surface area contributed by atoms with Crippen molar-refractivity contribution >= 4 is 0 Å². The Balaban J connectivity index is 2.42. The summed E-state index contributed by atoms with van der Waals surface area (Å²) in [6.45, 7) is 3.28. The van der Waals surface area contributed by atoms with Crippen LogP contribution >= 0.6 is 0 Å². The number of rotatable bonds is 3. The summed E-state index contributed by atoms with van der Waals surface area (Å²) in [5.41, 5.74) is 0. The Morgan fingerprint density at radius 2 is 2.40 bits per heavy atom. The summed E-state index contributed by atoms with van der Waals surface area (Å²) in [4.78, 5) is 0. The average Bonchev–Trinajstić information content (AvgIpc) is 2.31. The van der Waals surface area contributed by atoms with Gasteiger partial charge in [-0.3, -0.25) is 0 Å². The van der Waals surface area contributed by atoms with Gasteiger partial charge in [0.05, 0.1) is 13.6 Å². The molecule has 0 N–H and O–H groups in total. The highest BCUT2D eigenvalue weighted by Crippen LogP contribution is 1.84. The van der Waals surface area contributed by atoms with Gasteiger partial charge in [-0.1, -0.05) is 13.3 Å². The number of hydrogen-bond acceptors (Lipinski definition) is 1. The van der Waals surface area contributed by atoms with Crippen molar-refractivity contribution in [2.45, 2.75) is 26.3 Å². The molecule has 0 amide bonds. The quantitative estimate of drug-likeness (QED) is 0.560. The van der Waals surface area contributed by atoms with Crippen LogP contribution in [0.25, 0.3) is 0 Å². The van der Waals surface area contributed by atoms with E-state index in [9.17, 15) is 0 Å². The summed E-state index contributed by atoms with van der Waals surface area (Å²) in [6, 6.07) is 0. The van der Waals surface area contributed by atoms with Crippen LogP contribution in [0.3, 0.4) is 0 Å². The Hall–Kier alpha value is -0.860. The van der Waals surface area contributed by atoms with Gasteiger partial charge in [-0.05, 0) is 6.42 Å². The van der Waals surface area contributed by atoms with Crippen LogP contribution < -0.4 is 4.57 Å². The molecule has 3 heteroatoms. The van der Waals surface area contributed by atoms with E-state index in [-0.39, 0.29) is 0 Å². The number of nitrogens with zero attached hydrogens (tertiary/aromatic N) is 3. The van der Waals surface area contributed by atoms with Gasteiger partial charge in [-0.25, -0.2) is 4.57 Å². The van der Waals surface area contributed by atoms with E-state index in [4.69, 9.17) is 0 Å². The van der Waals surface area contributed by atoms with Crippen molar-refractivity contribution in [2.24, 2.45) is 7.05 Å². The normalized spacial score (nSPS) is 10.2. The molecule has 1 aromatic heterocycles. The van der Waals surface area contributed by atoms with E-state index in [1.807, 2.05) is 24.4 Å². The topological polar surface area (TPSA) is 21.7 Å². The summed E-state index contributed by atoms with van der Waals surface area (Å²) < 4.78 is 3.92. The summed E-state index contributed by atoms with van der Waals surface area (Å²) in [7, 11) is 1.93. The molecule has 0 radical (unpaired) electrons. The minimum Gasteiger partial charge on any atom is -0.237 e. The molecule has 0 fully saturated rings. The van der Waals surface area contributed by atoms with Crippen molar-refractivity contribution in [3.05, 3.63) is 12.7 Å². The maximum absolute atomic E-state index is 4.05. The molecular formula is C7H14N3+. The van der Waals surface area contributed by atoms with Gasteiger partial charge in [-0.15, -0.1) is 4.68 Å². The zero-order valence-electron chi connectivity index (χ0n) is 6.62.